The highest BCUT2D eigenvalue weighted by Gasteiger charge is 2.09. The van der Waals surface area contributed by atoms with Crippen LogP contribution >= 0.6 is 0 Å². The lowest BCUT2D eigenvalue weighted by molar-refractivity contribution is 0.224. The van der Waals surface area contributed by atoms with Gasteiger partial charge in [-0.1, -0.05) is 37.3 Å². The van der Waals surface area contributed by atoms with Crippen molar-refractivity contribution in [1.82, 2.24) is 4.90 Å². The summed E-state index contributed by atoms with van der Waals surface area (Å²) in [6.07, 6.45) is 1.08. The Morgan fingerprint density at radius 1 is 1.29 bits per heavy atom. The van der Waals surface area contributed by atoms with Gasteiger partial charge in [0.05, 0.1) is 0 Å². The summed E-state index contributed by atoms with van der Waals surface area (Å²) < 4.78 is 0. The van der Waals surface area contributed by atoms with Crippen molar-refractivity contribution in [1.29, 1.82) is 0 Å². The molecule has 2 N–H and O–H groups in total. The summed E-state index contributed by atoms with van der Waals surface area (Å²) in [5.74, 6) is 0. The van der Waals surface area contributed by atoms with E-state index in [-0.39, 0.29) is 0 Å². The second-order valence-electron chi connectivity index (χ2n) is 3.63. The molecule has 1 rings (SSSR count). The van der Waals surface area contributed by atoms with Crippen molar-refractivity contribution >= 4 is 0 Å². The largest absolute Gasteiger partial charge is 0.318 e. The second kappa shape index (κ2) is 5.78. The fourth-order valence-corrected chi connectivity index (χ4v) is 1.71. The molecule has 1 atom stereocenters. The van der Waals surface area contributed by atoms with Gasteiger partial charge in [-0.25, -0.2) is 0 Å². The van der Waals surface area contributed by atoms with Gasteiger partial charge in [0, 0.05) is 12.7 Å². The summed E-state index contributed by atoms with van der Waals surface area (Å²) in [6, 6.07) is 11.1. The first-order valence-corrected chi connectivity index (χ1v) is 5.26. The molecule has 14 heavy (non-hydrogen) atoms. The molecule has 0 saturated heterocycles. The van der Waals surface area contributed by atoms with E-state index in [1.807, 2.05) is 0 Å². The van der Waals surface area contributed by atoms with Gasteiger partial charge in [-0.2, -0.15) is 0 Å². The van der Waals surface area contributed by atoms with Gasteiger partial charge in [-0.05, 0) is 25.5 Å². The number of nitrogens with two attached hydrogens (primary N) is 1. The van der Waals surface area contributed by atoms with Gasteiger partial charge >= 0.3 is 0 Å². The van der Waals surface area contributed by atoms with Crippen LogP contribution in [0.5, 0.6) is 0 Å². The predicted octanol–water partition coefficient (Wildman–Crippen LogP) is 1.86. The SMILES string of the molecule is CCN(CN)C(C)Cc1ccccc1. The first kappa shape index (κ1) is 11.2. The smallest absolute Gasteiger partial charge is 0.0457 e. The summed E-state index contributed by atoms with van der Waals surface area (Å²) in [5, 5.41) is 0. The van der Waals surface area contributed by atoms with Gasteiger partial charge in [0.2, 0.25) is 0 Å². The summed E-state index contributed by atoms with van der Waals surface area (Å²) in [6.45, 7) is 6.03. The molecule has 78 valence electrons. The van der Waals surface area contributed by atoms with Crippen LogP contribution in [-0.2, 0) is 6.42 Å². The summed E-state index contributed by atoms with van der Waals surface area (Å²) in [7, 11) is 0. The Balaban J connectivity index is 2.52. The lowest BCUT2D eigenvalue weighted by Crippen LogP contribution is -2.38. The van der Waals surface area contributed by atoms with Crippen molar-refractivity contribution in [2.24, 2.45) is 5.73 Å². The minimum absolute atomic E-state index is 0.521. The lowest BCUT2D eigenvalue weighted by atomic mass is 10.1. The molecule has 1 unspecified atom stereocenters. The summed E-state index contributed by atoms with van der Waals surface area (Å²) >= 11 is 0. The standard InChI is InChI=1S/C12H20N2/c1-3-14(10-13)11(2)9-12-7-5-4-6-8-12/h4-8,11H,3,9-10,13H2,1-2H3. The second-order valence-corrected chi connectivity index (χ2v) is 3.63. The maximum Gasteiger partial charge on any atom is 0.0457 e. The van der Waals surface area contributed by atoms with Gasteiger partial charge in [0.15, 0.2) is 0 Å². The van der Waals surface area contributed by atoms with E-state index in [9.17, 15) is 0 Å². The quantitative estimate of drug-likeness (QED) is 0.721. The van der Waals surface area contributed by atoms with E-state index in [2.05, 4.69) is 49.1 Å². The average Bonchev–Trinajstić information content (AvgIpc) is 2.21. The average molecular weight is 192 g/mol. The molecule has 0 heterocycles. The Labute approximate surface area is 86.7 Å². The lowest BCUT2D eigenvalue weighted by Gasteiger charge is -2.25. The molecule has 0 saturated carbocycles. The molecule has 0 fully saturated rings. The minimum atomic E-state index is 0.521. The zero-order valence-electron chi connectivity index (χ0n) is 9.11. The zero-order valence-corrected chi connectivity index (χ0v) is 9.11. The molecular weight excluding hydrogens is 172 g/mol. The molecule has 0 aliphatic carbocycles. The van der Waals surface area contributed by atoms with Crippen LogP contribution in [0.2, 0.25) is 0 Å². The Hall–Kier alpha value is -0.860. The van der Waals surface area contributed by atoms with Crippen LogP contribution in [-0.4, -0.2) is 24.2 Å². The van der Waals surface area contributed by atoms with Gasteiger partial charge in [0.1, 0.15) is 0 Å². The first-order valence-electron chi connectivity index (χ1n) is 5.26. The highest BCUT2D eigenvalue weighted by atomic mass is 15.2. The fourth-order valence-electron chi connectivity index (χ4n) is 1.71. The maximum absolute atomic E-state index is 5.66. The molecule has 0 bridgehead atoms. The van der Waals surface area contributed by atoms with Crippen molar-refractivity contribution < 1.29 is 0 Å². The Morgan fingerprint density at radius 3 is 2.43 bits per heavy atom. The maximum atomic E-state index is 5.66. The van der Waals surface area contributed by atoms with Crippen molar-refractivity contribution in [3.8, 4) is 0 Å². The van der Waals surface area contributed by atoms with Crippen molar-refractivity contribution in [3.05, 3.63) is 35.9 Å². The van der Waals surface area contributed by atoms with E-state index in [4.69, 9.17) is 5.73 Å². The van der Waals surface area contributed by atoms with E-state index in [0.29, 0.717) is 12.7 Å². The van der Waals surface area contributed by atoms with E-state index in [0.717, 1.165) is 13.0 Å². The van der Waals surface area contributed by atoms with Crippen LogP contribution < -0.4 is 5.73 Å². The number of rotatable bonds is 5. The topological polar surface area (TPSA) is 29.3 Å². The number of likely N-dealkylation sites (N-methyl/N-ethyl adjacent to an activating group) is 1. The third kappa shape index (κ3) is 3.13. The van der Waals surface area contributed by atoms with Crippen molar-refractivity contribution in [3.63, 3.8) is 0 Å². The summed E-state index contributed by atoms with van der Waals surface area (Å²) in [5.41, 5.74) is 7.05. The summed E-state index contributed by atoms with van der Waals surface area (Å²) in [4.78, 5) is 2.27. The number of nitrogens with zero attached hydrogens (tertiary/aromatic N) is 1. The van der Waals surface area contributed by atoms with Gasteiger partial charge < -0.3 is 5.73 Å². The Morgan fingerprint density at radius 2 is 1.93 bits per heavy atom. The molecule has 0 aliphatic heterocycles. The number of benzene rings is 1. The van der Waals surface area contributed by atoms with Gasteiger partial charge in [-0.3, -0.25) is 4.90 Å². The van der Waals surface area contributed by atoms with Crippen LogP contribution in [0.1, 0.15) is 19.4 Å². The van der Waals surface area contributed by atoms with E-state index in [1.165, 1.54) is 5.56 Å². The minimum Gasteiger partial charge on any atom is -0.318 e. The molecule has 0 aromatic heterocycles. The van der Waals surface area contributed by atoms with E-state index < -0.39 is 0 Å². The van der Waals surface area contributed by atoms with Crippen LogP contribution in [0.3, 0.4) is 0 Å². The van der Waals surface area contributed by atoms with Gasteiger partial charge in [0.25, 0.3) is 0 Å². The Kier molecular flexibility index (Phi) is 4.63. The molecule has 2 heteroatoms. The molecule has 1 aromatic carbocycles. The van der Waals surface area contributed by atoms with E-state index >= 15 is 0 Å². The molecule has 1 aromatic rings. The molecular formula is C12H20N2. The molecule has 0 spiro atoms. The number of hydrogen-bond donors (Lipinski definition) is 1. The van der Waals surface area contributed by atoms with Crippen LogP contribution in [0, 0.1) is 0 Å². The molecule has 0 amide bonds. The fraction of sp³-hybridized carbons (Fsp3) is 0.500. The monoisotopic (exact) mass is 192 g/mol. The first-order chi connectivity index (χ1) is 6.77. The number of hydrogen-bond acceptors (Lipinski definition) is 2. The highest BCUT2D eigenvalue weighted by molar-refractivity contribution is 5.15. The van der Waals surface area contributed by atoms with Gasteiger partial charge in [-0.15, -0.1) is 0 Å². The third-order valence-electron chi connectivity index (χ3n) is 2.64. The third-order valence-corrected chi connectivity index (χ3v) is 2.64. The normalized spacial score (nSPS) is 13.1. The van der Waals surface area contributed by atoms with E-state index in [1.54, 1.807) is 0 Å². The highest BCUT2D eigenvalue weighted by Crippen LogP contribution is 2.07. The van der Waals surface area contributed by atoms with Crippen LogP contribution in [0.15, 0.2) is 30.3 Å². The van der Waals surface area contributed by atoms with Crippen molar-refractivity contribution in [2.45, 2.75) is 26.3 Å². The van der Waals surface area contributed by atoms with Crippen LogP contribution in [0.4, 0.5) is 0 Å². The predicted molar refractivity (Wildman–Crippen MR) is 61.0 cm³/mol. The van der Waals surface area contributed by atoms with Crippen molar-refractivity contribution in [2.75, 3.05) is 13.2 Å². The zero-order chi connectivity index (χ0) is 10.4. The molecule has 0 aliphatic rings. The Bertz CT molecular complexity index is 242. The molecule has 0 radical (unpaired) electrons. The van der Waals surface area contributed by atoms with Crippen LogP contribution in [0.25, 0.3) is 0 Å². The molecule has 2 nitrogen and oxygen atoms in total.